The average molecular weight is 311 g/mol. The summed E-state index contributed by atoms with van der Waals surface area (Å²) in [6, 6.07) is 5.78. The highest BCUT2D eigenvalue weighted by Crippen LogP contribution is 2.21. The van der Waals surface area contributed by atoms with E-state index in [9.17, 15) is 0 Å². The Morgan fingerprint density at radius 2 is 1.83 bits per heavy atom. The average Bonchev–Trinajstić information content (AvgIpc) is 2.93. The van der Waals surface area contributed by atoms with Gasteiger partial charge in [0.15, 0.2) is 0 Å². The quantitative estimate of drug-likeness (QED) is 0.737. The number of aromatic nitrogens is 4. The molecule has 0 fully saturated rings. The fourth-order valence-electron chi connectivity index (χ4n) is 2.64. The van der Waals surface area contributed by atoms with Crippen LogP contribution in [0.3, 0.4) is 0 Å². The minimum Gasteiger partial charge on any atom is -0.338 e. The van der Waals surface area contributed by atoms with E-state index in [-0.39, 0.29) is 5.41 Å². The summed E-state index contributed by atoms with van der Waals surface area (Å²) in [7, 11) is 2.06. The molecule has 0 aliphatic rings. The largest absolute Gasteiger partial charge is 0.338 e. The molecule has 0 bridgehead atoms. The lowest BCUT2D eigenvalue weighted by Crippen LogP contribution is -2.28. The number of nitrogens with zero attached hydrogens (tertiary/aromatic N) is 5. The van der Waals surface area contributed by atoms with Gasteiger partial charge in [0.1, 0.15) is 0 Å². The predicted octanol–water partition coefficient (Wildman–Crippen LogP) is 3.16. The highest BCUT2D eigenvalue weighted by Gasteiger charge is 2.16. The van der Waals surface area contributed by atoms with Gasteiger partial charge in [-0.1, -0.05) is 25.9 Å². The SMILES string of the molecule is CN(Cc1nc(-c2ccc3nccnc3c2)no1)CC(C)(C)C. The van der Waals surface area contributed by atoms with Crippen molar-refractivity contribution < 1.29 is 4.52 Å². The number of rotatable bonds is 4. The van der Waals surface area contributed by atoms with Crippen molar-refractivity contribution in [2.45, 2.75) is 27.3 Å². The molecule has 0 aliphatic carbocycles. The Labute approximate surface area is 135 Å². The van der Waals surface area contributed by atoms with Crippen LogP contribution in [0.15, 0.2) is 35.1 Å². The van der Waals surface area contributed by atoms with Crippen LogP contribution in [0.25, 0.3) is 22.4 Å². The van der Waals surface area contributed by atoms with Crippen molar-refractivity contribution in [1.29, 1.82) is 0 Å². The number of benzene rings is 1. The van der Waals surface area contributed by atoms with E-state index in [1.54, 1.807) is 12.4 Å². The highest BCUT2D eigenvalue weighted by atomic mass is 16.5. The molecule has 120 valence electrons. The van der Waals surface area contributed by atoms with Crippen LogP contribution in [0.1, 0.15) is 26.7 Å². The van der Waals surface area contributed by atoms with Crippen molar-refractivity contribution >= 4 is 11.0 Å². The molecular formula is C17H21N5O. The molecule has 6 heteroatoms. The Morgan fingerprint density at radius 3 is 2.57 bits per heavy atom. The first-order chi connectivity index (χ1) is 10.9. The van der Waals surface area contributed by atoms with Gasteiger partial charge in [-0.05, 0) is 30.7 Å². The zero-order chi connectivity index (χ0) is 16.4. The number of hydrogen-bond acceptors (Lipinski definition) is 6. The van der Waals surface area contributed by atoms with E-state index >= 15 is 0 Å². The second-order valence-electron chi connectivity index (χ2n) is 7.00. The summed E-state index contributed by atoms with van der Waals surface area (Å²) in [5.74, 6) is 1.20. The molecule has 0 saturated heterocycles. The van der Waals surface area contributed by atoms with Gasteiger partial charge in [-0.3, -0.25) is 14.9 Å². The Kier molecular flexibility index (Phi) is 4.09. The van der Waals surface area contributed by atoms with E-state index in [2.05, 4.69) is 52.8 Å². The van der Waals surface area contributed by atoms with Crippen molar-refractivity contribution in [3.63, 3.8) is 0 Å². The maximum atomic E-state index is 5.38. The van der Waals surface area contributed by atoms with Gasteiger partial charge >= 0.3 is 0 Å². The minimum atomic E-state index is 0.231. The summed E-state index contributed by atoms with van der Waals surface area (Å²) in [5.41, 5.74) is 2.78. The van der Waals surface area contributed by atoms with Gasteiger partial charge in [-0.2, -0.15) is 4.98 Å². The lowest BCUT2D eigenvalue weighted by Gasteiger charge is -2.25. The standard InChI is InChI=1S/C17H21N5O/c1-17(2,3)11-22(4)10-15-20-16(21-23-15)12-5-6-13-14(9-12)19-8-7-18-13/h5-9H,10-11H2,1-4H3. The molecule has 2 heterocycles. The van der Waals surface area contributed by atoms with Crippen LogP contribution in [0, 0.1) is 5.41 Å². The van der Waals surface area contributed by atoms with Gasteiger partial charge in [-0.25, -0.2) is 0 Å². The van der Waals surface area contributed by atoms with Crippen molar-refractivity contribution in [2.75, 3.05) is 13.6 Å². The lowest BCUT2D eigenvalue weighted by molar-refractivity contribution is 0.198. The maximum absolute atomic E-state index is 5.38. The molecule has 0 atom stereocenters. The van der Waals surface area contributed by atoms with Crippen LogP contribution in [0.5, 0.6) is 0 Å². The molecule has 3 rings (SSSR count). The first kappa shape index (κ1) is 15.6. The third-order valence-electron chi connectivity index (χ3n) is 3.35. The second kappa shape index (κ2) is 6.04. The van der Waals surface area contributed by atoms with E-state index in [1.807, 2.05) is 18.2 Å². The summed E-state index contributed by atoms with van der Waals surface area (Å²) < 4.78 is 5.38. The van der Waals surface area contributed by atoms with Gasteiger partial charge in [0, 0.05) is 24.5 Å². The summed E-state index contributed by atoms with van der Waals surface area (Å²) in [6.45, 7) is 8.21. The zero-order valence-electron chi connectivity index (χ0n) is 13.9. The monoisotopic (exact) mass is 311 g/mol. The molecule has 0 amide bonds. The normalized spacial score (nSPS) is 12.2. The smallest absolute Gasteiger partial charge is 0.241 e. The zero-order valence-corrected chi connectivity index (χ0v) is 13.9. The predicted molar refractivity (Wildman–Crippen MR) is 88.6 cm³/mol. The molecule has 3 aromatic rings. The van der Waals surface area contributed by atoms with Crippen LogP contribution in [-0.4, -0.2) is 38.6 Å². The fraction of sp³-hybridized carbons (Fsp3) is 0.412. The number of hydrogen-bond donors (Lipinski definition) is 0. The third kappa shape index (κ3) is 3.90. The van der Waals surface area contributed by atoms with E-state index in [0.717, 1.165) is 23.1 Å². The molecule has 0 radical (unpaired) electrons. The van der Waals surface area contributed by atoms with Gasteiger partial charge in [0.25, 0.3) is 0 Å². The van der Waals surface area contributed by atoms with Gasteiger partial charge in [-0.15, -0.1) is 0 Å². The molecular weight excluding hydrogens is 290 g/mol. The van der Waals surface area contributed by atoms with Crippen molar-refractivity contribution in [3.8, 4) is 11.4 Å². The Morgan fingerprint density at radius 1 is 1.09 bits per heavy atom. The minimum absolute atomic E-state index is 0.231. The van der Waals surface area contributed by atoms with E-state index < -0.39 is 0 Å². The second-order valence-corrected chi connectivity index (χ2v) is 7.00. The summed E-state index contributed by atoms with van der Waals surface area (Å²) in [5, 5.41) is 4.08. The van der Waals surface area contributed by atoms with Crippen molar-refractivity contribution in [1.82, 2.24) is 25.0 Å². The number of fused-ring (bicyclic) bond motifs is 1. The molecule has 0 saturated carbocycles. The van der Waals surface area contributed by atoms with Crippen LogP contribution in [0.4, 0.5) is 0 Å². The van der Waals surface area contributed by atoms with Gasteiger partial charge in [0.2, 0.25) is 11.7 Å². The Balaban J connectivity index is 1.77. The highest BCUT2D eigenvalue weighted by molar-refractivity contribution is 5.79. The van der Waals surface area contributed by atoms with Crippen LogP contribution >= 0.6 is 0 Å². The topological polar surface area (TPSA) is 67.9 Å². The molecule has 1 aromatic carbocycles. The van der Waals surface area contributed by atoms with E-state index in [1.165, 1.54) is 0 Å². The van der Waals surface area contributed by atoms with Crippen molar-refractivity contribution in [2.24, 2.45) is 5.41 Å². The summed E-state index contributed by atoms with van der Waals surface area (Å²) in [6.07, 6.45) is 3.36. The fourth-order valence-corrected chi connectivity index (χ4v) is 2.64. The molecule has 0 spiro atoms. The molecule has 6 nitrogen and oxygen atoms in total. The van der Waals surface area contributed by atoms with E-state index in [0.29, 0.717) is 18.3 Å². The first-order valence-electron chi connectivity index (χ1n) is 7.63. The summed E-state index contributed by atoms with van der Waals surface area (Å²) in [4.78, 5) is 15.2. The van der Waals surface area contributed by atoms with Crippen LogP contribution in [0.2, 0.25) is 0 Å². The molecule has 0 N–H and O–H groups in total. The van der Waals surface area contributed by atoms with Crippen LogP contribution < -0.4 is 0 Å². The van der Waals surface area contributed by atoms with Crippen LogP contribution in [-0.2, 0) is 6.54 Å². The molecule has 2 aromatic heterocycles. The maximum Gasteiger partial charge on any atom is 0.241 e. The molecule has 0 aliphatic heterocycles. The van der Waals surface area contributed by atoms with Gasteiger partial charge < -0.3 is 4.52 Å². The summed E-state index contributed by atoms with van der Waals surface area (Å²) >= 11 is 0. The van der Waals surface area contributed by atoms with E-state index in [4.69, 9.17) is 4.52 Å². The molecule has 0 unspecified atom stereocenters. The third-order valence-corrected chi connectivity index (χ3v) is 3.35. The molecule has 23 heavy (non-hydrogen) atoms. The van der Waals surface area contributed by atoms with Gasteiger partial charge in [0.05, 0.1) is 17.6 Å². The Bertz CT molecular complexity index is 806. The van der Waals surface area contributed by atoms with Crippen molar-refractivity contribution in [3.05, 3.63) is 36.5 Å². The lowest BCUT2D eigenvalue weighted by atomic mass is 9.96. The Hall–Kier alpha value is -2.34. The first-order valence-corrected chi connectivity index (χ1v) is 7.63.